The van der Waals surface area contributed by atoms with E-state index in [9.17, 15) is 0 Å². The number of aromatic nitrogens is 4. The van der Waals surface area contributed by atoms with Crippen LogP contribution in [0.2, 0.25) is 0 Å². The fourth-order valence-corrected chi connectivity index (χ4v) is 5.40. The first-order chi connectivity index (χ1) is 15.0. The minimum Gasteiger partial charge on any atom is -0.376 e. The summed E-state index contributed by atoms with van der Waals surface area (Å²) in [5.41, 5.74) is 3.65. The second-order valence-electron chi connectivity index (χ2n) is 9.65. The van der Waals surface area contributed by atoms with Crippen LogP contribution < -0.4 is 5.32 Å². The predicted molar refractivity (Wildman–Crippen MR) is 136 cm³/mol. The van der Waals surface area contributed by atoms with Crippen LogP contribution in [0.15, 0.2) is 48.8 Å². The van der Waals surface area contributed by atoms with E-state index < -0.39 is 0 Å². The minimum absolute atomic E-state index is 0. The standard InChI is InChI=1S/C25H33N5O.2ClH/c1-24(2)19-25(10-16-31-24,20-7-4-3-5-8-20)9-14-29-15-12-27-23(29)22-17-21-18-26-11-6-13-30(21)28-22;;/h3-5,7-8,12,15,17,26H,6,9-11,13-14,16,18-19H2,1-2H3;2*1H. The highest BCUT2D eigenvalue weighted by atomic mass is 35.5. The first-order valence-electron chi connectivity index (χ1n) is 11.5. The first-order valence-corrected chi connectivity index (χ1v) is 11.5. The molecule has 0 bridgehead atoms. The summed E-state index contributed by atoms with van der Waals surface area (Å²) in [6.45, 7) is 9.06. The number of nitrogens with one attached hydrogen (secondary N) is 1. The number of benzene rings is 1. The van der Waals surface area contributed by atoms with Gasteiger partial charge in [-0.05, 0) is 57.7 Å². The van der Waals surface area contributed by atoms with Crippen molar-refractivity contribution in [3.05, 3.63) is 60.0 Å². The molecule has 5 rings (SSSR count). The minimum atomic E-state index is -0.111. The number of hydrogen-bond acceptors (Lipinski definition) is 4. The largest absolute Gasteiger partial charge is 0.376 e. The number of imidazole rings is 1. The Hall–Kier alpha value is -1.86. The molecule has 0 amide bonds. The topological polar surface area (TPSA) is 56.9 Å². The molecule has 180 valence electrons. The molecule has 8 heteroatoms. The van der Waals surface area contributed by atoms with Gasteiger partial charge in [0.2, 0.25) is 0 Å². The molecule has 0 radical (unpaired) electrons. The molecular weight excluding hydrogens is 457 g/mol. The van der Waals surface area contributed by atoms with Gasteiger partial charge in [-0.1, -0.05) is 30.3 Å². The normalized spacial score (nSPS) is 21.9. The third kappa shape index (κ3) is 5.46. The molecule has 2 aliphatic rings. The molecule has 0 spiro atoms. The van der Waals surface area contributed by atoms with Gasteiger partial charge in [0.15, 0.2) is 5.82 Å². The lowest BCUT2D eigenvalue weighted by atomic mass is 9.67. The summed E-state index contributed by atoms with van der Waals surface area (Å²) < 4.78 is 10.5. The van der Waals surface area contributed by atoms with Crippen LogP contribution >= 0.6 is 24.8 Å². The van der Waals surface area contributed by atoms with E-state index in [0.29, 0.717) is 0 Å². The number of aryl methyl sites for hydroxylation is 2. The van der Waals surface area contributed by atoms with E-state index in [2.05, 4.69) is 76.0 Å². The monoisotopic (exact) mass is 491 g/mol. The zero-order valence-electron chi connectivity index (χ0n) is 19.5. The average molecular weight is 492 g/mol. The lowest BCUT2D eigenvalue weighted by Gasteiger charge is -2.45. The highest BCUT2D eigenvalue weighted by Gasteiger charge is 2.41. The smallest absolute Gasteiger partial charge is 0.160 e. The van der Waals surface area contributed by atoms with Gasteiger partial charge in [0, 0.05) is 44.0 Å². The molecule has 0 saturated carbocycles. The lowest BCUT2D eigenvalue weighted by Crippen LogP contribution is -2.44. The quantitative estimate of drug-likeness (QED) is 0.545. The zero-order chi connectivity index (χ0) is 21.3. The molecule has 33 heavy (non-hydrogen) atoms. The van der Waals surface area contributed by atoms with Crippen LogP contribution in [0, 0.1) is 0 Å². The Morgan fingerprint density at radius 3 is 2.76 bits per heavy atom. The average Bonchev–Trinajstić information content (AvgIpc) is 3.33. The Bertz CT molecular complexity index is 1010. The number of ether oxygens (including phenoxy) is 1. The van der Waals surface area contributed by atoms with Crippen LogP contribution in [0.25, 0.3) is 11.5 Å². The van der Waals surface area contributed by atoms with Gasteiger partial charge in [0.1, 0.15) is 5.69 Å². The highest BCUT2D eigenvalue weighted by molar-refractivity contribution is 5.85. The Labute approximate surface area is 208 Å². The van der Waals surface area contributed by atoms with E-state index in [-0.39, 0.29) is 35.8 Å². The molecule has 4 heterocycles. The van der Waals surface area contributed by atoms with Crippen molar-refractivity contribution in [3.63, 3.8) is 0 Å². The summed E-state index contributed by atoms with van der Waals surface area (Å²) >= 11 is 0. The van der Waals surface area contributed by atoms with Gasteiger partial charge in [-0.15, -0.1) is 24.8 Å². The van der Waals surface area contributed by atoms with E-state index >= 15 is 0 Å². The van der Waals surface area contributed by atoms with E-state index in [1.165, 1.54) is 11.3 Å². The molecule has 2 aliphatic heterocycles. The molecule has 3 aromatic rings. The number of fused-ring (bicyclic) bond motifs is 1. The third-order valence-corrected chi connectivity index (χ3v) is 6.89. The summed E-state index contributed by atoms with van der Waals surface area (Å²) in [6.07, 6.45) is 8.25. The molecule has 2 aromatic heterocycles. The van der Waals surface area contributed by atoms with E-state index in [1.807, 2.05) is 6.20 Å². The van der Waals surface area contributed by atoms with Crippen molar-refractivity contribution in [2.75, 3.05) is 13.2 Å². The van der Waals surface area contributed by atoms with Crippen molar-refractivity contribution < 1.29 is 4.74 Å². The van der Waals surface area contributed by atoms with Crippen LogP contribution in [-0.4, -0.2) is 38.1 Å². The van der Waals surface area contributed by atoms with Gasteiger partial charge in [-0.2, -0.15) is 5.10 Å². The lowest BCUT2D eigenvalue weighted by molar-refractivity contribution is -0.0848. The molecular formula is C25H35Cl2N5O. The fourth-order valence-electron chi connectivity index (χ4n) is 5.40. The van der Waals surface area contributed by atoms with Gasteiger partial charge in [-0.3, -0.25) is 4.68 Å². The van der Waals surface area contributed by atoms with Crippen molar-refractivity contribution in [2.24, 2.45) is 0 Å². The maximum atomic E-state index is 6.09. The molecule has 1 fully saturated rings. The van der Waals surface area contributed by atoms with Crippen molar-refractivity contribution in [2.45, 2.75) is 70.2 Å². The Kier molecular flexibility index (Phi) is 8.27. The number of nitrogens with zero attached hydrogens (tertiary/aromatic N) is 4. The number of hydrogen-bond donors (Lipinski definition) is 1. The highest BCUT2D eigenvalue weighted by Crippen LogP contribution is 2.44. The summed E-state index contributed by atoms with van der Waals surface area (Å²) in [5.74, 6) is 0.968. The van der Waals surface area contributed by atoms with Gasteiger partial charge < -0.3 is 14.6 Å². The van der Waals surface area contributed by atoms with E-state index in [0.717, 1.165) is 70.0 Å². The van der Waals surface area contributed by atoms with E-state index in [4.69, 9.17) is 9.84 Å². The third-order valence-electron chi connectivity index (χ3n) is 6.89. The Morgan fingerprint density at radius 2 is 1.97 bits per heavy atom. The summed E-state index contributed by atoms with van der Waals surface area (Å²) in [4.78, 5) is 4.68. The molecule has 1 N–H and O–H groups in total. The molecule has 1 atom stereocenters. The molecule has 1 unspecified atom stereocenters. The van der Waals surface area contributed by atoms with Gasteiger partial charge in [-0.25, -0.2) is 4.98 Å². The second-order valence-corrected chi connectivity index (χ2v) is 9.65. The number of rotatable bonds is 5. The van der Waals surface area contributed by atoms with Gasteiger partial charge in [0.05, 0.1) is 11.3 Å². The summed E-state index contributed by atoms with van der Waals surface area (Å²) in [7, 11) is 0. The van der Waals surface area contributed by atoms with E-state index in [1.54, 1.807) is 0 Å². The zero-order valence-corrected chi connectivity index (χ0v) is 21.1. The predicted octanol–water partition coefficient (Wildman–Crippen LogP) is 5.00. The van der Waals surface area contributed by atoms with Crippen LogP contribution in [0.5, 0.6) is 0 Å². The fraction of sp³-hybridized carbons (Fsp3) is 0.520. The van der Waals surface area contributed by atoms with Crippen molar-refractivity contribution >= 4 is 24.8 Å². The second kappa shape index (κ2) is 10.6. The number of halogens is 2. The SMILES string of the molecule is CC1(C)CC(CCn2ccnc2-c2cc3n(n2)CCCNC3)(c2ccccc2)CCO1.Cl.Cl. The Balaban J connectivity index is 0.00000153. The molecule has 1 saturated heterocycles. The molecule has 0 aliphatic carbocycles. The van der Waals surface area contributed by atoms with Crippen LogP contribution in [0.3, 0.4) is 0 Å². The van der Waals surface area contributed by atoms with Crippen LogP contribution in [0.4, 0.5) is 0 Å². The molecule has 6 nitrogen and oxygen atoms in total. The summed E-state index contributed by atoms with van der Waals surface area (Å²) in [6, 6.07) is 13.2. The van der Waals surface area contributed by atoms with Gasteiger partial charge in [0.25, 0.3) is 0 Å². The maximum absolute atomic E-state index is 6.09. The van der Waals surface area contributed by atoms with Crippen molar-refractivity contribution in [1.29, 1.82) is 0 Å². The van der Waals surface area contributed by atoms with Gasteiger partial charge >= 0.3 is 0 Å². The van der Waals surface area contributed by atoms with Crippen molar-refractivity contribution in [1.82, 2.24) is 24.6 Å². The molecule has 1 aromatic carbocycles. The van der Waals surface area contributed by atoms with Crippen LogP contribution in [-0.2, 0) is 29.8 Å². The van der Waals surface area contributed by atoms with Crippen LogP contribution in [0.1, 0.15) is 50.8 Å². The Morgan fingerprint density at radius 1 is 1.15 bits per heavy atom. The van der Waals surface area contributed by atoms with Crippen molar-refractivity contribution in [3.8, 4) is 11.5 Å². The summed E-state index contributed by atoms with van der Waals surface area (Å²) in [5, 5.41) is 8.36. The maximum Gasteiger partial charge on any atom is 0.160 e. The first kappa shape index (κ1) is 25.8.